The monoisotopic (exact) mass is 389 g/mol. The van der Waals surface area contributed by atoms with Gasteiger partial charge in [0, 0.05) is 36.0 Å². The van der Waals surface area contributed by atoms with Crippen molar-refractivity contribution < 1.29 is 14.3 Å². The first-order chi connectivity index (χ1) is 10.5. The molecule has 6 heteroatoms. The lowest BCUT2D eigenvalue weighted by Gasteiger charge is -2.36. The summed E-state index contributed by atoms with van der Waals surface area (Å²) >= 11 is 9.75. The maximum atomic E-state index is 12.1. The highest BCUT2D eigenvalue weighted by Crippen LogP contribution is 2.37. The van der Waals surface area contributed by atoms with E-state index in [1.807, 2.05) is 13.0 Å². The summed E-state index contributed by atoms with van der Waals surface area (Å²) < 4.78 is 11.0. The van der Waals surface area contributed by atoms with Crippen molar-refractivity contribution in [2.45, 2.75) is 32.7 Å². The third kappa shape index (κ3) is 3.42. The van der Waals surface area contributed by atoms with Gasteiger partial charge in [0.05, 0.1) is 17.7 Å². The van der Waals surface area contributed by atoms with Gasteiger partial charge in [-0.2, -0.15) is 0 Å². The van der Waals surface area contributed by atoms with Gasteiger partial charge in [-0.15, -0.1) is 0 Å². The number of hydrogen-bond acceptors (Lipinski definition) is 4. The minimum absolute atomic E-state index is 0.399. The number of anilines is 1. The summed E-state index contributed by atoms with van der Waals surface area (Å²) in [5.41, 5.74) is 2.30. The quantitative estimate of drug-likeness (QED) is 0.722. The Morgan fingerprint density at radius 2 is 2.14 bits per heavy atom. The second-order valence-electron chi connectivity index (χ2n) is 5.31. The first kappa shape index (κ1) is 17.6. The van der Waals surface area contributed by atoms with Crippen molar-refractivity contribution in [3.05, 3.63) is 26.7 Å². The maximum Gasteiger partial charge on any atom is 0.339 e. The Kier molecular flexibility index (Phi) is 6.12. The van der Waals surface area contributed by atoms with Crippen LogP contribution in [0.2, 0.25) is 5.02 Å². The molecule has 2 rings (SSSR count). The zero-order valence-electron chi connectivity index (χ0n) is 13.1. The lowest BCUT2D eigenvalue weighted by Crippen LogP contribution is -2.40. The van der Waals surface area contributed by atoms with Crippen LogP contribution in [-0.2, 0) is 9.47 Å². The number of methoxy groups -OCH3 is 1. The highest BCUT2D eigenvalue weighted by Gasteiger charge is 2.26. The molecule has 0 aromatic heterocycles. The Morgan fingerprint density at radius 1 is 1.50 bits per heavy atom. The van der Waals surface area contributed by atoms with Crippen LogP contribution in [0.1, 0.15) is 35.7 Å². The molecule has 0 N–H and O–H groups in total. The van der Waals surface area contributed by atoms with Gasteiger partial charge in [-0.05, 0) is 54.2 Å². The third-order valence-electron chi connectivity index (χ3n) is 4.12. The molecule has 0 aliphatic carbocycles. The van der Waals surface area contributed by atoms with Gasteiger partial charge in [0.25, 0.3) is 0 Å². The predicted molar refractivity (Wildman–Crippen MR) is 92.1 cm³/mol. The van der Waals surface area contributed by atoms with Crippen LogP contribution in [-0.4, -0.2) is 38.9 Å². The average Bonchev–Trinajstić information content (AvgIpc) is 2.54. The second-order valence-corrected chi connectivity index (χ2v) is 6.54. The molecule has 4 nitrogen and oxygen atoms in total. The summed E-state index contributed by atoms with van der Waals surface area (Å²) in [6.07, 6.45) is 1.97. The number of ether oxygens (including phenoxy) is 2. The molecule has 1 fully saturated rings. The van der Waals surface area contributed by atoms with Crippen molar-refractivity contribution >= 4 is 39.2 Å². The van der Waals surface area contributed by atoms with E-state index in [0.717, 1.165) is 43.9 Å². The predicted octanol–water partition coefficient (Wildman–Crippen LogP) is 4.20. The standard InChI is InChI=1S/C16H21BrClNO3/c1-4-19(11-5-7-22-8-6-11)13-9-12(17)15(18)14(10(13)2)16(20)21-3/h9,11H,4-8H2,1-3H3. The number of carbonyl (C=O) groups excluding carboxylic acids is 1. The molecule has 0 saturated carbocycles. The van der Waals surface area contributed by atoms with E-state index in [2.05, 4.69) is 27.8 Å². The molecular weight excluding hydrogens is 370 g/mol. The topological polar surface area (TPSA) is 38.8 Å². The van der Waals surface area contributed by atoms with Gasteiger partial charge in [-0.3, -0.25) is 0 Å². The molecule has 0 atom stereocenters. The molecule has 0 bridgehead atoms. The van der Waals surface area contributed by atoms with E-state index >= 15 is 0 Å². The summed E-state index contributed by atoms with van der Waals surface area (Å²) in [4.78, 5) is 14.4. The van der Waals surface area contributed by atoms with Crippen molar-refractivity contribution in [2.75, 3.05) is 31.8 Å². The molecule has 1 saturated heterocycles. The Hall–Kier alpha value is -0.780. The largest absolute Gasteiger partial charge is 0.465 e. The zero-order valence-corrected chi connectivity index (χ0v) is 15.5. The minimum atomic E-state index is -0.409. The lowest BCUT2D eigenvalue weighted by molar-refractivity contribution is 0.0600. The fraction of sp³-hybridized carbons (Fsp3) is 0.562. The molecule has 1 aliphatic heterocycles. The molecule has 0 amide bonds. The van der Waals surface area contributed by atoms with Crippen molar-refractivity contribution in [3.63, 3.8) is 0 Å². The highest BCUT2D eigenvalue weighted by atomic mass is 79.9. The Morgan fingerprint density at radius 3 is 2.68 bits per heavy atom. The Balaban J connectivity index is 2.48. The molecule has 1 aromatic rings. The van der Waals surface area contributed by atoms with Crippen LogP contribution in [0.5, 0.6) is 0 Å². The van der Waals surface area contributed by atoms with Gasteiger partial charge in [-0.25, -0.2) is 4.79 Å². The molecule has 0 unspecified atom stereocenters. The lowest BCUT2D eigenvalue weighted by atomic mass is 10.0. The van der Waals surface area contributed by atoms with Crippen LogP contribution in [0.25, 0.3) is 0 Å². The van der Waals surface area contributed by atoms with E-state index < -0.39 is 5.97 Å². The Labute approximate surface area is 144 Å². The van der Waals surface area contributed by atoms with Crippen LogP contribution in [0, 0.1) is 6.92 Å². The van der Waals surface area contributed by atoms with E-state index in [1.165, 1.54) is 7.11 Å². The zero-order chi connectivity index (χ0) is 16.3. The maximum absolute atomic E-state index is 12.1. The van der Waals surface area contributed by atoms with E-state index in [9.17, 15) is 4.79 Å². The third-order valence-corrected chi connectivity index (χ3v) is 5.37. The van der Waals surface area contributed by atoms with Gasteiger partial charge in [0.15, 0.2) is 0 Å². The van der Waals surface area contributed by atoms with Gasteiger partial charge < -0.3 is 14.4 Å². The molecule has 22 heavy (non-hydrogen) atoms. The summed E-state index contributed by atoms with van der Waals surface area (Å²) in [6, 6.07) is 2.40. The first-order valence-corrected chi connectivity index (χ1v) is 8.59. The molecule has 1 aromatic carbocycles. The van der Waals surface area contributed by atoms with Gasteiger partial charge in [0.1, 0.15) is 0 Å². The van der Waals surface area contributed by atoms with Crippen LogP contribution >= 0.6 is 27.5 Å². The van der Waals surface area contributed by atoms with E-state index in [1.54, 1.807) is 0 Å². The summed E-state index contributed by atoms with van der Waals surface area (Å²) in [7, 11) is 1.37. The first-order valence-electron chi connectivity index (χ1n) is 7.42. The number of rotatable bonds is 4. The summed E-state index contributed by atoms with van der Waals surface area (Å²) in [6.45, 7) is 6.45. The number of esters is 1. The molecule has 1 aliphatic rings. The summed E-state index contributed by atoms with van der Waals surface area (Å²) in [5.74, 6) is -0.409. The van der Waals surface area contributed by atoms with Gasteiger partial charge in [-0.1, -0.05) is 11.6 Å². The summed E-state index contributed by atoms with van der Waals surface area (Å²) in [5, 5.41) is 0.399. The second kappa shape index (κ2) is 7.66. The van der Waals surface area contributed by atoms with E-state index in [4.69, 9.17) is 21.1 Å². The van der Waals surface area contributed by atoms with Crippen molar-refractivity contribution in [1.29, 1.82) is 0 Å². The molecule has 1 heterocycles. The molecule has 0 radical (unpaired) electrons. The van der Waals surface area contributed by atoms with Crippen molar-refractivity contribution in [3.8, 4) is 0 Å². The molecule has 0 spiro atoms. The van der Waals surface area contributed by atoms with Crippen molar-refractivity contribution in [1.82, 2.24) is 0 Å². The fourth-order valence-electron chi connectivity index (χ4n) is 2.97. The number of carbonyl (C=O) groups is 1. The number of halogens is 2. The van der Waals surface area contributed by atoms with Crippen LogP contribution in [0.3, 0.4) is 0 Å². The van der Waals surface area contributed by atoms with Gasteiger partial charge in [0.2, 0.25) is 0 Å². The number of nitrogens with zero attached hydrogens (tertiary/aromatic N) is 1. The highest BCUT2D eigenvalue weighted by molar-refractivity contribution is 9.10. The van der Waals surface area contributed by atoms with E-state index in [0.29, 0.717) is 21.1 Å². The SMILES string of the molecule is CCN(c1cc(Br)c(Cl)c(C(=O)OC)c1C)C1CCOCC1. The van der Waals surface area contributed by atoms with Crippen molar-refractivity contribution in [2.24, 2.45) is 0 Å². The number of benzene rings is 1. The smallest absolute Gasteiger partial charge is 0.339 e. The normalized spacial score (nSPS) is 15.7. The van der Waals surface area contributed by atoms with Gasteiger partial charge >= 0.3 is 5.97 Å². The molecular formula is C16H21BrClNO3. The fourth-order valence-corrected chi connectivity index (χ4v) is 3.66. The molecule has 122 valence electrons. The average molecular weight is 391 g/mol. The van der Waals surface area contributed by atoms with Crippen LogP contribution < -0.4 is 4.90 Å². The van der Waals surface area contributed by atoms with Crippen LogP contribution in [0.15, 0.2) is 10.5 Å². The number of hydrogen-bond donors (Lipinski definition) is 0. The minimum Gasteiger partial charge on any atom is -0.465 e. The van der Waals surface area contributed by atoms with Crippen LogP contribution in [0.4, 0.5) is 5.69 Å². The Bertz CT molecular complexity index is 559. The van der Waals surface area contributed by atoms with E-state index in [-0.39, 0.29) is 0 Å².